The summed E-state index contributed by atoms with van der Waals surface area (Å²) in [4.78, 5) is 4.46. The number of nitrogens with one attached hydrogen (secondary N) is 1. The van der Waals surface area contributed by atoms with E-state index in [1.54, 1.807) is 0 Å². The highest BCUT2D eigenvalue weighted by Gasteiger charge is 2.10. The molecule has 0 aromatic carbocycles. The molecule has 2 heterocycles. The van der Waals surface area contributed by atoms with Crippen LogP contribution in [0.5, 0.6) is 0 Å². The van der Waals surface area contributed by atoms with Gasteiger partial charge in [0.1, 0.15) is 0 Å². The number of aryl methyl sites for hydroxylation is 1. The molecule has 0 radical (unpaired) electrons. The van der Waals surface area contributed by atoms with E-state index in [0.29, 0.717) is 6.04 Å². The van der Waals surface area contributed by atoms with Crippen molar-refractivity contribution in [3.63, 3.8) is 0 Å². The minimum Gasteiger partial charge on any atom is -0.316 e. The van der Waals surface area contributed by atoms with Crippen molar-refractivity contribution in [1.82, 2.24) is 5.32 Å². The molecule has 0 amide bonds. The van der Waals surface area contributed by atoms with Crippen LogP contribution in [0.3, 0.4) is 0 Å². The highest BCUT2D eigenvalue weighted by Crippen LogP contribution is 2.20. The van der Waals surface area contributed by atoms with Gasteiger partial charge in [0.2, 0.25) is 0 Å². The predicted molar refractivity (Wildman–Crippen MR) is 78.3 cm³/mol. The van der Waals surface area contributed by atoms with Gasteiger partial charge >= 0.3 is 0 Å². The predicted octanol–water partition coefficient (Wildman–Crippen LogP) is 3.75. The quantitative estimate of drug-likeness (QED) is 0.839. The van der Waals surface area contributed by atoms with E-state index in [2.05, 4.69) is 48.9 Å². The van der Waals surface area contributed by atoms with Crippen LogP contribution in [0.25, 0.3) is 0 Å². The second kappa shape index (κ2) is 6.34. The van der Waals surface area contributed by atoms with Gasteiger partial charge in [-0.1, -0.05) is 13.0 Å². The summed E-state index contributed by atoms with van der Waals surface area (Å²) in [7, 11) is 2.06. The van der Waals surface area contributed by atoms with Crippen molar-refractivity contribution in [1.29, 1.82) is 0 Å². The molecule has 1 unspecified atom stereocenters. The van der Waals surface area contributed by atoms with E-state index in [0.717, 1.165) is 19.3 Å². The van der Waals surface area contributed by atoms with Crippen LogP contribution in [0.4, 0.5) is 0 Å². The van der Waals surface area contributed by atoms with Crippen molar-refractivity contribution in [3.8, 4) is 0 Å². The van der Waals surface area contributed by atoms with Gasteiger partial charge < -0.3 is 5.32 Å². The van der Waals surface area contributed by atoms with Crippen molar-refractivity contribution >= 4 is 22.7 Å². The van der Waals surface area contributed by atoms with E-state index in [1.165, 1.54) is 14.6 Å². The normalized spacial score (nSPS) is 12.8. The molecule has 92 valence electrons. The molecular formula is C14H19NS2. The van der Waals surface area contributed by atoms with Crippen molar-refractivity contribution in [3.05, 3.63) is 44.3 Å². The molecule has 2 aromatic rings. The van der Waals surface area contributed by atoms with Crippen molar-refractivity contribution in [2.24, 2.45) is 0 Å². The van der Waals surface area contributed by atoms with Gasteiger partial charge in [0.25, 0.3) is 0 Å². The monoisotopic (exact) mass is 265 g/mol. The molecule has 0 saturated heterocycles. The highest BCUT2D eigenvalue weighted by atomic mass is 32.1. The summed E-state index contributed by atoms with van der Waals surface area (Å²) >= 11 is 3.80. The zero-order valence-electron chi connectivity index (χ0n) is 10.4. The van der Waals surface area contributed by atoms with Gasteiger partial charge in [-0.05, 0) is 49.9 Å². The SMILES string of the molecule is CCc1ccc(CC(Cc2cccs2)NC)s1. The Labute approximate surface area is 112 Å². The first-order valence-electron chi connectivity index (χ1n) is 6.09. The second-order valence-corrected chi connectivity index (χ2v) is 6.48. The van der Waals surface area contributed by atoms with E-state index < -0.39 is 0 Å². The van der Waals surface area contributed by atoms with Crippen LogP contribution in [0.1, 0.15) is 21.6 Å². The lowest BCUT2D eigenvalue weighted by Crippen LogP contribution is -2.29. The Morgan fingerprint density at radius 1 is 1.12 bits per heavy atom. The van der Waals surface area contributed by atoms with Crippen molar-refractivity contribution in [2.45, 2.75) is 32.2 Å². The Hall–Kier alpha value is -0.640. The first-order valence-corrected chi connectivity index (χ1v) is 7.78. The molecule has 2 aromatic heterocycles. The van der Waals surface area contributed by atoms with E-state index in [9.17, 15) is 0 Å². The maximum absolute atomic E-state index is 3.43. The Morgan fingerprint density at radius 2 is 1.88 bits per heavy atom. The number of likely N-dealkylation sites (N-methyl/N-ethyl adjacent to an activating group) is 1. The number of thiophene rings is 2. The highest BCUT2D eigenvalue weighted by molar-refractivity contribution is 7.12. The van der Waals surface area contributed by atoms with Crippen LogP contribution in [0.15, 0.2) is 29.6 Å². The topological polar surface area (TPSA) is 12.0 Å². The lowest BCUT2D eigenvalue weighted by Gasteiger charge is -2.14. The minimum atomic E-state index is 0.553. The van der Waals surface area contributed by atoms with Gasteiger partial charge in [0.15, 0.2) is 0 Å². The van der Waals surface area contributed by atoms with Gasteiger partial charge in [-0.2, -0.15) is 0 Å². The average Bonchev–Trinajstić information content (AvgIpc) is 2.99. The summed E-state index contributed by atoms with van der Waals surface area (Å²) in [5, 5.41) is 5.58. The van der Waals surface area contributed by atoms with Gasteiger partial charge in [0.05, 0.1) is 0 Å². The molecule has 1 atom stereocenters. The van der Waals surface area contributed by atoms with E-state index >= 15 is 0 Å². The van der Waals surface area contributed by atoms with Gasteiger partial charge in [-0.15, -0.1) is 22.7 Å². The fourth-order valence-electron chi connectivity index (χ4n) is 1.91. The third-order valence-electron chi connectivity index (χ3n) is 2.95. The van der Waals surface area contributed by atoms with Crippen LogP contribution in [0, 0.1) is 0 Å². The fourth-order valence-corrected chi connectivity index (χ4v) is 3.74. The maximum Gasteiger partial charge on any atom is 0.0161 e. The van der Waals surface area contributed by atoms with Crippen LogP contribution in [-0.2, 0) is 19.3 Å². The standard InChI is InChI=1S/C14H19NS2/c1-3-12-6-7-14(17-12)10-11(15-2)9-13-5-4-8-16-13/h4-8,11,15H,3,9-10H2,1-2H3. The maximum atomic E-state index is 3.43. The molecule has 0 spiro atoms. The van der Waals surface area contributed by atoms with Crippen LogP contribution in [-0.4, -0.2) is 13.1 Å². The molecular weight excluding hydrogens is 246 g/mol. The third-order valence-corrected chi connectivity index (χ3v) is 5.10. The summed E-state index contributed by atoms with van der Waals surface area (Å²) in [6.07, 6.45) is 3.42. The molecule has 0 fully saturated rings. The van der Waals surface area contributed by atoms with Gasteiger partial charge in [-0.25, -0.2) is 0 Å². The number of hydrogen-bond donors (Lipinski definition) is 1. The smallest absolute Gasteiger partial charge is 0.0161 e. The first-order chi connectivity index (χ1) is 8.31. The van der Waals surface area contributed by atoms with Gasteiger partial charge in [-0.3, -0.25) is 0 Å². The van der Waals surface area contributed by atoms with Crippen molar-refractivity contribution in [2.75, 3.05) is 7.05 Å². The summed E-state index contributed by atoms with van der Waals surface area (Å²) < 4.78 is 0. The molecule has 1 N–H and O–H groups in total. The molecule has 0 saturated carbocycles. The van der Waals surface area contributed by atoms with Crippen molar-refractivity contribution < 1.29 is 0 Å². The second-order valence-electron chi connectivity index (χ2n) is 4.19. The lowest BCUT2D eigenvalue weighted by molar-refractivity contribution is 0.564. The Morgan fingerprint density at radius 3 is 2.47 bits per heavy atom. The van der Waals surface area contributed by atoms with E-state index in [1.807, 2.05) is 22.7 Å². The molecule has 0 aliphatic carbocycles. The molecule has 0 aliphatic rings. The minimum absolute atomic E-state index is 0.553. The zero-order valence-corrected chi connectivity index (χ0v) is 12.0. The molecule has 0 aliphatic heterocycles. The van der Waals surface area contributed by atoms with Crippen LogP contribution in [0.2, 0.25) is 0 Å². The van der Waals surface area contributed by atoms with Gasteiger partial charge in [0, 0.05) is 20.7 Å². The molecule has 2 rings (SSSR count). The summed E-state index contributed by atoms with van der Waals surface area (Å²) in [5.41, 5.74) is 0. The first kappa shape index (κ1) is 12.8. The molecule has 3 heteroatoms. The van der Waals surface area contributed by atoms with Crippen LogP contribution >= 0.6 is 22.7 Å². The van der Waals surface area contributed by atoms with E-state index in [4.69, 9.17) is 0 Å². The average molecular weight is 265 g/mol. The summed E-state index contributed by atoms with van der Waals surface area (Å²) in [6, 6.07) is 9.45. The molecule has 1 nitrogen and oxygen atoms in total. The summed E-state index contributed by atoms with van der Waals surface area (Å²) in [6.45, 7) is 2.22. The Kier molecular flexibility index (Phi) is 4.77. The zero-order chi connectivity index (χ0) is 12.1. The lowest BCUT2D eigenvalue weighted by atomic mass is 10.1. The molecule has 17 heavy (non-hydrogen) atoms. The van der Waals surface area contributed by atoms with Crippen LogP contribution < -0.4 is 5.32 Å². The third kappa shape index (κ3) is 3.66. The molecule has 0 bridgehead atoms. The number of hydrogen-bond acceptors (Lipinski definition) is 3. The number of rotatable bonds is 6. The Bertz CT molecular complexity index is 431. The van der Waals surface area contributed by atoms with E-state index in [-0.39, 0.29) is 0 Å². The summed E-state index contributed by atoms with van der Waals surface area (Å²) in [5.74, 6) is 0. The fraction of sp³-hybridized carbons (Fsp3) is 0.429. The Balaban J connectivity index is 1.95. The largest absolute Gasteiger partial charge is 0.316 e.